The minimum atomic E-state index is -0.512. The fourth-order valence-corrected chi connectivity index (χ4v) is 5.13. The second-order valence-corrected chi connectivity index (χ2v) is 11.5. The van der Waals surface area contributed by atoms with E-state index in [1.54, 1.807) is 97.9 Å². The minimum absolute atomic E-state index is 0.0576. The van der Waals surface area contributed by atoms with Crippen molar-refractivity contribution in [3.8, 4) is 5.75 Å². The van der Waals surface area contributed by atoms with Crippen LogP contribution < -0.4 is 20.7 Å². The second-order valence-electron chi connectivity index (χ2n) is 9.24. The highest BCUT2D eigenvalue weighted by atomic mass is 35.5. The fourth-order valence-electron chi connectivity index (χ4n) is 3.87. The number of nitrogens with one attached hydrogen (secondary N) is 3. The Morgan fingerprint density at radius 1 is 0.884 bits per heavy atom. The van der Waals surface area contributed by atoms with Crippen LogP contribution in [0.25, 0.3) is 6.08 Å². The Kier molecular flexibility index (Phi) is 11.3. The summed E-state index contributed by atoms with van der Waals surface area (Å²) in [4.78, 5) is 40.0. The molecule has 3 amide bonds. The van der Waals surface area contributed by atoms with E-state index in [0.29, 0.717) is 44.9 Å². The minimum Gasteiger partial charge on any atom is -0.494 e. The number of amides is 3. The zero-order valence-corrected chi connectivity index (χ0v) is 25.7. The number of anilines is 2. The molecule has 220 valence electrons. The lowest BCUT2D eigenvalue weighted by atomic mass is 10.1. The number of carbonyl (C=O) groups excluding carboxylic acids is 3. The summed E-state index contributed by atoms with van der Waals surface area (Å²) in [6.07, 6.45) is 1.60. The van der Waals surface area contributed by atoms with Crippen LogP contribution in [0.1, 0.15) is 29.8 Å². The number of carbonyl (C=O) groups is 3. The zero-order chi connectivity index (χ0) is 30.8. The van der Waals surface area contributed by atoms with E-state index in [2.05, 4.69) is 16.0 Å². The molecule has 0 bridgehead atoms. The molecule has 4 aromatic carbocycles. The monoisotopic (exact) mass is 633 g/mol. The summed E-state index contributed by atoms with van der Waals surface area (Å²) in [5.74, 6) is -0.488. The summed E-state index contributed by atoms with van der Waals surface area (Å²) in [5, 5.41) is 8.74. The molecule has 43 heavy (non-hydrogen) atoms. The van der Waals surface area contributed by atoms with Crippen LogP contribution in [-0.4, -0.2) is 29.6 Å². The third-order valence-electron chi connectivity index (χ3n) is 5.99. The van der Waals surface area contributed by atoms with Gasteiger partial charge in [0, 0.05) is 21.2 Å². The molecule has 3 N–H and O–H groups in total. The lowest BCUT2D eigenvalue weighted by Crippen LogP contribution is -2.30. The third kappa shape index (κ3) is 9.38. The van der Waals surface area contributed by atoms with Gasteiger partial charge in [0.25, 0.3) is 11.8 Å². The molecule has 0 radical (unpaired) electrons. The summed E-state index contributed by atoms with van der Waals surface area (Å²) in [6, 6.07) is 27.8. The van der Waals surface area contributed by atoms with Gasteiger partial charge in [-0.15, -0.1) is 11.8 Å². The predicted molar refractivity (Wildman–Crippen MR) is 175 cm³/mol. The Balaban J connectivity index is 1.49. The SMILES string of the molecule is CCOc1ccc(/C=C(/NC(=O)c2ccccc2)C(=O)Nc2cccc(SC(C)C(=O)Nc3cc(Cl)ccc3Cl)c2)cc1. The largest absolute Gasteiger partial charge is 0.494 e. The average Bonchev–Trinajstić information content (AvgIpc) is 3.00. The lowest BCUT2D eigenvalue weighted by molar-refractivity contribution is -0.115. The van der Waals surface area contributed by atoms with Gasteiger partial charge in [-0.1, -0.05) is 59.6 Å². The van der Waals surface area contributed by atoms with Gasteiger partial charge < -0.3 is 20.7 Å². The maximum atomic E-state index is 13.4. The standard InChI is InChI=1S/C33H29Cl2N3O4S/c1-3-42-26-15-12-22(13-16-26)18-30(38-32(40)23-8-5-4-6-9-23)33(41)36-25-10-7-11-27(20-25)43-21(2)31(39)37-29-19-24(34)14-17-28(29)35/h4-21H,3H2,1-2H3,(H,36,41)(H,37,39)(H,38,40)/b30-18+. The van der Waals surface area contributed by atoms with Crippen molar-refractivity contribution in [1.29, 1.82) is 0 Å². The first-order valence-electron chi connectivity index (χ1n) is 13.4. The van der Waals surface area contributed by atoms with Crippen LogP contribution in [0, 0.1) is 0 Å². The summed E-state index contributed by atoms with van der Waals surface area (Å²) >= 11 is 13.5. The van der Waals surface area contributed by atoms with Crippen LogP contribution in [0.15, 0.2) is 108 Å². The maximum Gasteiger partial charge on any atom is 0.272 e. The van der Waals surface area contributed by atoms with Gasteiger partial charge in [0.1, 0.15) is 11.4 Å². The van der Waals surface area contributed by atoms with E-state index in [1.807, 2.05) is 19.1 Å². The van der Waals surface area contributed by atoms with Gasteiger partial charge in [0.2, 0.25) is 5.91 Å². The smallest absolute Gasteiger partial charge is 0.272 e. The van der Waals surface area contributed by atoms with Crippen molar-refractivity contribution in [2.24, 2.45) is 0 Å². The molecule has 0 heterocycles. The molecule has 0 spiro atoms. The highest BCUT2D eigenvalue weighted by molar-refractivity contribution is 8.00. The van der Waals surface area contributed by atoms with Gasteiger partial charge in [-0.25, -0.2) is 0 Å². The van der Waals surface area contributed by atoms with Crippen molar-refractivity contribution < 1.29 is 19.1 Å². The molecule has 0 aliphatic carbocycles. The topological polar surface area (TPSA) is 96.5 Å². The summed E-state index contributed by atoms with van der Waals surface area (Å²) < 4.78 is 5.50. The van der Waals surface area contributed by atoms with Crippen LogP contribution in [0.4, 0.5) is 11.4 Å². The number of hydrogen-bond donors (Lipinski definition) is 3. The second kappa shape index (κ2) is 15.3. The van der Waals surface area contributed by atoms with E-state index < -0.39 is 17.1 Å². The van der Waals surface area contributed by atoms with E-state index in [1.165, 1.54) is 11.8 Å². The molecule has 0 saturated carbocycles. The Hall–Kier alpha value is -4.24. The van der Waals surface area contributed by atoms with Crippen LogP contribution in [0.5, 0.6) is 5.75 Å². The first-order valence-corrected chi connectivity index (χ1v) is 15.0. The van der Waals surface area contributed by atoms with Crippen LogP contribution in [0.2, 0.25) is 10.0 Å². The van der Waals surface area contributed by atoms with Crippen molar-refractivity contribution in [3.05, 3.63) is 124 Å². The molecule has 0 aliphatic heterocycles. The molecule has 0 aliphatic rings. The molecule has 4 rings (SSSR count). The normalized spacial score (nSPS) is 11.8. The van der Waals surface area contributed by atoms with Gasteiger partial charge in [-0.2, -0.15) is 0 Å². The lowest BCUT2D eigenvalue weighted by Gasteiger charge is -2.15. The van der Waals surface area contributed by atoms with Crippen LogP contribution in [0.3, 0.4) is 0 Å². The molecule has 1 unspecified atom stereocenters. The van der Waals surface area contributed by atoms with Crippen molar-refractivity contribution in [2.75, 3.05) is 17.2 Å². The van der Waals surface area contributed by atoms with Crippen molar-refractivity contribution in [3.63, 3.8) is 0 Å². The molecule has 10 heteroatoms. The van der Waals surface area contributed by atoms with Gasteiger partial charge in [-0.3, -0.25) is 14.4 Å². The number of halogens is 2. The number of hydrogen-bond acceptors (Lipinski definition) is 5. The number of thioether (sulfide) groups is 1. The molecule has 0 fully saturated rings. The zero-order valence-electron chi connectivity index (χ0n) is 23.4. The van der Waals surface area contributed by atoms with E-state index in [4.69, 9.17) is 27.9 Å². The van der Waals surface area contributed by atoms with Crippen LogP contribution in [-0.2, 0) is 9.59 Å². The van der Waals surface area contributed by atoms with E-state index >= 15 is 0 Å². The highest BCUT2D eigenvalue weighted by Gasteiger charge is 2.18. The first-order chi connectivity index (χ1) is 20.7. The third-order valence-corrected chi connectivity index (χ3v) is 7.65. The van der Waals surface area contributed by atoms with E-state index in [0.717, 1.165) is 4.90 Å². The quantitative estimate of drug-likeness (QED) is 0.115. The highest BCUT2D eigenvalue weighted by Crippen LogP contribution is 2.29. The fraction of sp³-hybridized carbons (Fsp3) is 0.121. The average molecular weight is 635 g/mol. The summed E-state index contributed by atoms with van der Waals surface area (Å²) in [6.45, 7) is 4.20. The van der Waals surface area contributed by atoms with E-state index in [9.17, 15) is 14.4 Å². The predicted octanol–water partition coefficient (Wildman–Crippen LogP) is 7.92. The Morgan fingerprint density at radius 3 is 2.35 bits per heavy atom. The van der Waals surface area contributed by atoms with Crippen molar-refractivity contribution in [2.45, 2.75) is 24.0 Å². The Bertz CT molecular complexity index is 1630. The van der Waals surface area contributed by atoms with Gasteiger partial charge in [0.15, 0.2) is 0 Å². The van der Waals surface area contributed by atoms with Crippen LogP contribution >= 0.6 is 35.0 Å². The molecule has 1 atom stereocenters. The molecular weight excluding hydrogens is 605 g/mol. The van der Waals surface area contributed by atoms with Gasteiger partial charge >= 0.3 is 0 Å². The summed E-state index contributed by atoms with van der Waals surface area (Å²) in [5.41, 5.74) is 2.09. The van der Waals surface area contributed by atoms with Crippen molar-refractivity contribution in [1.82, 2.24) is 5.32 Å². The molecular formula is C33H29Cl2N3O4S. The molecule has 0 saturated heterocycles. The molecule has 4 aromatic rings. The number of ether oxygens (including phenoxy) is 1. The Morgan fingerprint density at radius 2 is 1.63 bits per heavy atom. The first kappa shape index (κ1) is 31.7. The number of rotatable bonds is 11. The molecule has 7 nitrogen and oxygen atoms in total. The summed E-state index contributed by atoms with van der Waals surface area (Å²) in [7, 11) is 0. The molecule has 0 aromatic heterocycles. The van der Waals surface area contributed by atoms with Gasteiger partial charge in [0.05, 0.1) is 22.6 Å². The van der Waals surface area contributed by atoms with Gasteiger partial charge in [-0.05, 0) is 86.2 Å². The van der Waals surface area contributed by atoms with E-state index in [-0.39, 0.29) is 11.6 Å². The Labute approximate surface area is 264 Å². The number of benzene rings is 4. The maximum absolute atomic E-state index is 13.4. The van der Waals surface area contributed by atoms with Crippen molar-refractivity contribution >= 4 is 70.1 Å².